The van der Waals surface area contributed by atoms with Crippen LogP contribution in [0.2, 0.25) is 0 Å². The Bertz CT molecular complexity index is 313. The van der Waals surface area contributed by atoms with Gasteiger partial charge in [-0.05, 0) is 46.7 Å². The molecule has 0 radical (unpaired) electrons. The minimum absolute atomic E-state index is 0.699. The molecule has 84 valence electrons. The zero-order valence-electron chi connectivity index (χ0n) is 8.83. The third kappa shape index (κ3) is 3.48. The molecule has 2 unspecified atom stereocenters. The molecule has 1 aromatic rings. The lowest BCUT2D eigenvalue weighted by atomic mass is 10.1. The summed E-state index contributed by atoms with van der Waals surface area (Å²) in [4.78, 5) is 1.42. The fourth-order valence-electron chi connectivity index (χ4n) is 1.87. The van der Waals surface area contributed by atoms with Crippen LogP contribution in [0.3, 0.4) is 0 Å². The Morgan fingerprint density at radius 2 is 2.40 bits per heavy atom. The molecule has 2 atom stereocenters. The first kappa shape index (κ1) is 12.0. The number of thioether (sulfide) groups is 1. The van der Waals surface area contributed by atoms with E-state index in [0.717, 1.165) is 11.8 Å². The highest BCUT2D eigenvalue weighted by atomic mass is 79.9. The Labute approximate surface area is 108 Å². The SMILES string of the molecule is CC1SCCCC1NCc1ccc(Br)s1. The molecule has 1 N–H and O–H groups in total. The van der Waals surface area contributed by atoms with Crippen molar-refractivity contribution in [1.82, 2.24) is 5.32 Å². The van der Waals surface area contributed by atoms with Crippen LogP contribution in [0.1, 0.15) is 24.6 Å². The second-order valence-electron chi connectivity index (χ2n) is 3.91. The van der Waals surface area contributed by atoms with Crippen molar-refractivity contribution in [3.05, 3.63) is 20.8 Å². The molecule has 0 spiro atoms. The zero-order chi connectivity index (χ0) is 10.7. The molecule has 2 heterocycles. The van der Waals surface area contributed by atoms with E-state index in [1.807, 2.05) is 11.3 Å². The summed E-state index contributed by atoms with van der Waals surface area (Å²) in [6, 6.07) is 5.02. The highest BCUT2D eigenvalue weighted by Crippen LogP contribution is 2.26. The third-order valence-electron chi connectivity index (χ3n) is 2.77. The van der Waals surface area contributed by atoms with Crippen molar-refractivity contribution >= 4 is 39.0 Å². The fraction of sp³-hybridized carbons (Fsp3) is 0.636. The predicted molar refractivity (Wildman–Crippen MR) is 73.8 cm³/mol. The fourth-order valence-corrected chi connectivity index (χ4v) is 4.47. The van der Waals surface area contributed by atoms with E-state index in [0.29, 0.717) is 6.04 Å². The maximum absolute atomic E-state index is 3.67. The molecule has 0 amide bonds. The number of rotatable bonds is 3. The first-order valence-electron chi connectivity index (χ1n) is 5.35. The molecule has 2 rings (SSSR count). The van der Waals surface area contributed by atoms with Crippen LogP contribution in [0.5, 0.6) is 0 Å². The van der Waals surface area contributed by atoms with Gasteiger partial charge >= 0.3 is 0 Å². The first-order chi connectivity index (χ1) is 7.25. The molecule has 0 aliphatic carbocycles. The number of nitrogens with one attached hydrogen (secondary N) is 1. The summed E-state index contributed by atoms with van der Waals surface area (Å²) in [5.41, 5.74) is 0. The summed E-state index contributed by atoms with van der Waals surface area (Å²) in [6.07, 6.45) is 2.70. The van der Waals surface area contributed by atoms with Gasteiger partial charge in [0.1, 0.15) is 0 Å². The van der Waals surface area contributed by atoms with Gasteiger partial charge in [-0.3, -0.25) is 0 Å². The van der Waals surface area contributed by atoms with Crippen molar-refractivity contribution < 1.29 is 0 Å². The van der Waals surface area contributed by atoms with E-state index in [1.54, 1.807) is 0 Å². The van der Waals surface area contributed by atoms with Crippen molar-refractivity contribution in [2.75, 3.05) is 5.75 Å². The van der Waals surface area contributed by atoms with Gasteiger partial charge in [0, 0.05) is 22.7 Å². The van der Waals surface area contributed by atoms with E-state index in [9.17, 15) is 0 Å². The molecule has 15 heavy (non-hydrogen) atoms. The molecule has 4 heteroatoms. The molecule has 1 fully saturated rings. The molecule has 1 aromatic heterocycles. The molecule has 1 aliphatic heterocycles. The van der Waals surface area contributed by atoms with Crippen molar-refractivity contribution in [2.24, 2.45) is 0 Å². The number of hydrogen-bond acceptors (Lipinski definition) is 3. The average molecular weight is 306 g/mol. The van der Waals surface area contributed by atoms with E-state index in [-0.39, 0.29) is 0 Å². The van der Waals surface area contributed by atoms with Gasteiger partial charge in [-0.15, -0.1) is 11.3 Å². The lowest BCUT2D eigenvalue weighted by molar-refractivity contribution is 0.464. The summed E-state index contributed by atoms with van der Waals surface area (Å²) in [5.74, 6) is 1.34. The quantitative estimate of drug-likeness (QED) is 0.909. The van der Waals surface area contributed by atoms with Gasteiger partial charge in [-0.1, -0.05) is 6.92 Å². The van der Waals surface area contributed by atoms with Crippen LogP contribution < -0.4 is 5.32 Å². The lowest BCUT2D eigenvalue weighted by Gasteiger charge is -2.29. The maximum atomic E-state index is 3.67. The Morgan fingerprint density at radius 3 is 3.07 bits per heavy atom. The summed E-state index contributed by atoms with van der Waals surface area (Å²) in [7, 11) is 0. The van der Waals surface area contributed by atoms with E-state index in [4.69, 9.17) is 0 Å². The average Bonchev–Trinajstić information content (AvgIpc) is 2.63. The summed E-state index contributed by atoms with van der Waals surface area (Å²) < 4.78 is 1.23. The van der Waals surface area contributed by atoms with Gasteiger partial charge in [0.05, 0.1) is 3.79 Å². The van der Waals surface area contributed by atoms with Gasteiger partial charge in [0.25, 0.3) is 0 Å². The maximum Gasteiger partial charge on any atom is 0.0701 e. The minimum Gasteiger partial charge on any atom is -0.308 e. The molecule has 1 aliphatic rings. The molecule has 0 bridgehead atoms. The van der Waals surface area contributed by atoms with Crippen LogP contribution >= 0.6 is 39.0 Å². The number of thiophene rings is 1. The summed E-state index contributed by atoms with van der Waals surface area (Å²) in [5, 5.41) is 4.44. The largest absolute Gasteiger partial charge is 0.308 e. The summed E-state index contributed by atoms with van der Waals surface area (Å²) >= 11 is 7.42. The second kappa shape index (κ2) is 5.71. The van der Waals surface area contributed by atoms with E-state index in [2.05, 4.69) is 52.1 Å². The van der Waals surface area contributed by atoms with Gasteiger partial charge in [-0.25, -0.2) is 0 Å². The zero-order valence-corrected chi connectivity index (χ0v) is 12.1. The minimum atomic E-state index is 0.699. The first-order valence-corrected chi connectivity index (χ1v) is 8.01. The Morgan fingerprint density at radius 1 is 1.53 bits per heavy atom. The van der Waals surface area contributed by atoms with Gasteiger partial charge in [0.2, 0.25) is 0 Å². The Hall–Kier alpha value is 0.490. The second-order valence-corrected chi connectivity index (χ2v) is 7.94. The van der Waals surface area contributed by atoms with E-state index in [1.165, 1.54) is 27.3 Å². The van der Waals surface area contributed by atoms with Crippen LogP contribution in [-0.4, -0.2) is 17.0 Å². The van der Waals surface area contributed by atoms with Gasteiger partial charge in [-0.2, -0.15) is 11.8 Å². The molecular formula is C11H16BrNS2. The van der Waals surface area contributed by atoms with Crippen molar-refractivity contribution in [3.63, 3.8) is 0 Å². The van der Waals surface area contributed by atoms with Crippen LogP contribution in [0.15, 0.2) is 15.9 Å². The normalized spacial score (nSPS) is 26.8. The standard InChI is InChI=1S/C11H16BrNS2/c1-8-10(3-2-6-14-8)13-7-9-4-5-11(12)15-9/h4-5,8,10,13H,2-3,6-7H2,1H3. The van der Waals surface area contributed by atoms with Crippen LogP contribution in [0, 0.1) is 0 Å². The monoisotopic (exact) mass is 305 g/mol. The van der Waals surface area contributed by atoms with Gasteiger partial charge in [0.15, 0.2) is 0 Å². The van der Waals surface area contributed by atoms with Crippen LogP contribution in [0.4, 0.5) is 0 Å². The van der Waals surface area contributed by atoms with Crippen molar-refractivity contribution in [3.8, 4) is 0 Å². The van der Waals surface area contributed by atoms with Crippen LogP contribution in [-0.2, 0) is 6.54 Å². The third-order valence-corrected chi connectivity index (χ3v) is 5.78. The highest BCUT2D eigenvalue weighted by Gasteiger charge is 2.20. The van der Waals surface area contributed by atoms with E-state index < -0.39 is 0 Å². The van der Waals surface area contributed by atoms with Gasteiger partial charge < -0.3 is 5.32 Å². The molecule has 0 aromatic carbocycles. The smallest absolute Gasteiger partial charge is 0.0701 e. The van der Waals surface area contributed by atoms with Crippen molar-refractivity contribution in [2.45, 2.75) is 37.6 Å². The summed E-state index contributed by atoms with van der Waals surface area (Å²) in [6.45, 7) is 3.36. The Kier molecular flexibility index (Phi) is 4.55. The molecular weight excluding hydrogens is 290 g/mol. The lowest BCUT2D eigenvalue weighted by Crippen LogP contribution is -2.38. The number of halogens is 1. The predicted octanol–water partition coefficient (Wildman–Crippen LogP) is 3.88. The number of hydrogen-bond donors (Lipinski definition) is 1. The topological polar surface area (TPSA) is 12.0 Å². The van der Waals surface area contributed by atoms with Crippen molar-refractivity contribution in [1.29, 1.82) is 0 Å². The highest BCUT2D eigenvalue weighted by molar-refractivity contribution is 9.11. The molecule has 1 nitrogen and oxygen atoms in total. The molecule has 0 saturated carbocycles. The van der Waals surface area contributed by atoms with E-state index >= 15 is 0 Å². The van der Waals surface area contributed by atoms with Crippen LogP contribution in [0.25, 0.3) is 0 Å². The Balaban J connectivity index is 1.81. The molecule has 1 saturated heterocycles.